The number of aliphatic imine (C=N–C) groups is 1. The first-order chi connectivity index (χ1) is 5.74. The zero-order chi connectivity index (χ0) is 8.97. The molecule has 0 atom stereocenters. The van der Waals surface area contributed by atoms with Crippen LogP contribution in [-0.2, 0) is 0 Å². The molecule has 0 aliphatic rings. The van der Waals surface area contributed by atoms with Crippen LogP contribution in [0.4, 0.5) is 4.39 Å². The maximum Gasteiger partial charge on any atom is 0.125 e. The van der Waals surface area contributed by atoms with Gasteiger partial charge in [-0.25, -0.2) is 4.39 Å². The van der Waals surface area contributed by atoms with E-state index in [1.54, 1.807) is 12.1 Å². The average Bonchev–Trinajstić information content (AvgIpc) is 2.05. The summed E-state index contributed by atoms with van der Waals surface area (Å²) >= 11 is 0. The summed E-state index contributed by atoms with van der Waals surface area (Å²) in [5.41, 5.74) is 6.19. The van der Waals surface area contributed by atoms with Crippen molar-refractivity contribution in [3.05, 3.63) is 35.6 Å². The molecule has 0 unspecified atom stereocenters. The third-order valence-corrected chi connectivity index (χ3v) is 1.45. The van der Waals surface area contributed by atoms with Gasteiger partial charge in [-0.15, -0.1) is 0 Å². The lowest BCUT2D eigenvalue weighted by Crippen LogP contribution is -2.13. The molecule has 0 saturated carbocycles. The highest BCUT2D eigenvalue weighted by Gasteiger charge is 1.97. The normalized spacial score (nSPS) is 11.7. The van der Waals surface area contributed by atoms with Crippen LogP contribution in [0.5, 0.6) is 0 Å². The van der Waals surface area contributed by atoms with Crippen molar-refractivity contribution in [3.63, 3.8) is 0 Å². The molecule has 0 bridgehead atoms. The molecule has 12 heavy (non-hydrogen) atoms. The smallest absolute Gasteiger partial charge is 0.125 e. The van der Waals surface area contributed by atoms with E-state index in [2.05, 4.69) is 4.99 Å². The second-order valence-corrected chi connectivity index (χ2v) is 2.37. The first-order valence-electron chi connectivity index (χ1n) is 3.80. The second-order valence-electron chi connectivity index (χ2n) is 2.37. The fraction of sp³-hybridized carbons (Fsp3) is 0.222. The molecule has 0 heterocycles. The number of rotatable bonds is 2. The van der Waals surface area contributed by atoms with E-state index < -0.39 is 0 Å². The lowest BCUT2D eigenvalue weighted by atomic mass is 10.2. The van der Waals surface area contributed by atoms with Gasteiger partial charge in [0.05, 0.1) is 0 Å². The van der Waals surface area contributed by atoms with E-state index in [1.165, 1.54) is 12.1 Å². The minimum absolute atomic E-state index is 0.290. The van der Waals surface area contributed by atoms with Gasteiger partial charge in [0, 0.05) is 12.1 Å². The first-order valence-corrected chi connectivity index (χ1v) is 3.80. The third kappa shape index (κ3) is 2.05. The maximum absolute atomic E-state index is 12.7. The van der Waals surface area contributed by atoms with Gasteiger partial charge in [-0.2, -0.15) is 0 Å². The SMILES string of the molecule is CCN=C(N)c1cccc(F)c1. The summed E-state index contributed by atoms with van der Waals surface area (Å²) in [6.07, 6.45) is 0. The van der Waals surface area contributed by atoms with Crippen molar-refractivity contribution < 1.29 is 4.39 Å². The minimum Gasteiger partial charge on any atom is -0.384 e. The summed E-state index contributed by atoms with van der Waals surface area (Å²) in [7, 11) is 0. The summed E-state index contributed by atoms with van der Waals surface area (Å²) in [6, 6.07) is 6.09. The number of benzene rings is 1. The summed E-state index contributed by atoms with van der Waals surface area (Å²) in [6.45, 7) is 2.49. The lowest BCUT2D eigenvalue weighted by molar-refractivity contribution is 0.627. The van der Waals surface area contributed by atoms with Gasteiger partial charge in [0.25, 0.3) is 0 Å². The summed E-state index contributed by atoms with van der Waals surface area (Å²) in [5, 5.41) is 0. The van der Waals surface area contributed by atoms with Crippen molar-refractivity contribution >= 4 is 5.84 Å². The van der Waals surface area contributed by atoms with Gasteiger partial charge in [-0.05, 0) is 19.1 Å². The number of nitrogens with zero attached hydrogens (tertiary/aromatic N) is 1. The molecule has 3 heteroatoms. The van der Waals surface area contributed by atoms with Crippen molar-refractivity contribution in [2.24, 2.45) is 10.7 Å². The number of hydrogen-bond acceptors (Lipinski definition) is 1. The molecule has 0 aliphatic heterocycles. The number of nitrogens with two attached hydrogens (primary N) is 1. The highest BCUT2D eigenvalue weighted by Crippen LogP contribution is 2.02. The van der Waals surface area contributed by atoms with E-state index in [0.29, 0.717) is 17.9 Å². The molecule has 2 N–H and O–H groups in total. The molecule has 0 spiro atoms. The van der Waals surface area contributed by atoms with Crippen molar-refractivity contribution in [1.29, 1.82) is 0 Å². The highest BCUT2D eigenvalue weighted by atomic mass is 19.1. The highest BCUT2D eigenvalue weighted by molar-refractivity contribution is 5.97. The Morgan fingerprint density at radius 2 is 2.33 bits per heavy atom. The fourth-order valence-corrected chi connectivity index (χ4v) is 0.909. The molecular formula is C9H11FN2. The van der Waals surface area contributed by atoms with E-state index in [4.69, 9.17) is 5.73 Å². The van der Waals surface area contributed by atoms with Gasteiger partial charge < -0.3 is 5.73 Å². The van der Waals surface area contributed by atoms with Crippen LogP contribution < -0.4 is 5.73 Å². The Bertz CT molecular complexity index is 294. The third-order valence-electron chi connectivity index (χ3n) is 1.45. The minimum atomic E-state index is -0.290. The first kappa shape index (κ1) is 8.71. The van der Waals surface area contributed by atoms with Crippen molar-refractivity contribution in [1.82, 2.24) is 0 Å². The Hall–Kier alpha value is -1.38. The Morgan fingerprint density at radius 3 is 2.92 bits per heavy atom. The van der Waals surface area contributed by atoms with Crippen LogP contribution in [-0.4, -0.2) is 12.4 Å². The number of halogens is 1. The summed E-state index contributed by atoms with van der Waals surface area (Å²) in [5.74, 6) is 0.0961. The largest absolute Gasteiger partial charge is 0.384 e. The molecule has 0 amide bonds. The standard InChI is InChI=1S/C9H11FN2/c1-2-12-9(11)7-4-3-5-8(10)6-7/h3-6H,2H2,1H3,(H2,11,12). The van der Waals surface area contributed by atoms with E-state index in [1.807, 2.05) is 6.92 Å². The van der Waals surface area contributed by atoms with Gasteiger partial charge in [-0.1, -0.05) is 12.1 Å². The topological polar surface area (TPSA) is 38.4 Å². The number of amidine groups is 1. The van der Waals surface area contributed by atoms with E-state index in [0.717, 1.165) is 0 Å². The van der Waals surface area contributed by atoms with Crippen molar-refractivity contribution in [2.45, 2.75) is 6.92 Å². The van der Waals surface area contributed by atoms with Crippen LogP contribution in [0.15, 0.2) is 29.3 Å². The van der Waals surface area contributed by atoms with E-state index in [-0.39, 0.29) is 5.82 Å². The quantitative estimate of drug-likeness (QED) is 0.525. The fourth-order valence-electron chi connectivity index (χ4n) is 0.909. The Labute approximate surface area is 70.9 Å². The molecule has 1 aromatic rings. The average molecular weight is 166 g/mol. The van der Waals surface area contributed by atoms with Gasteiger partial charge in [0.1, 0.15) is 11.7 Å². The Kier molecular flexibility index (Phi) is 2.80. The van der Waals surface area contributed by atoms with Crippen LogP contribution in [0.2, 0.25) is 0 Å². The zero-order valence-electron chi connectivity index (χ0n) is 6.92. The lowest BCUT2D eigenvalue weighted by Gasteiger charge is -1.99. The van der Waals surface area contributed by atoms with Gasteiger partial charge in [0.2, 0.25) is 0 Å². The van der Waals surface area contributed by atoms with Crippen LogP contribution in [0.3, 0.4) is 0 Å². The zero-order valence-corrected chi connectivity index (χ0v) is 6.92. The second kappa shape index (κ2) is 3.85. The molecule has 1 rings (SSSR count). The Morgan fingerprint density at radius 1 is 1.58 bits per heavy atom. The van der Waals surface area contributed by atoms with Crippen LogP contribution in [0.1, 0.15) is 12.5 Å². The molecule has 0 fully saturated rings. The van der Waals surface area contributed by atoms with Crippen molar-refractivity contribution in [3.8, 4) is 0 Å². The van der Waals surface area contributed by atoms with Crippen LogP contribution >= 0.6 is 0 Å². The monoisotopic (exact) mass is 166 g/mol. The summed E-state index contributed by atoms with van der Waals surface area (Å²) < 4.78 is 12.7. The van der Waals surface area contributed by atoms with Crippen LogP contribution in [0, 0.1) is 5.82 Å². The molecule has 0 saturated heterocycles. The summed E-state index contributed by atoms with van der Waals surface area (Å²) in [4.78, 5) is 3.96. The van der Waals surface area contributed by atoms with E-state index in [9.17, 15) is 4.39 Å². The van der Waals surface area contributed by atoms with Gasteiger partial charge >= 0.3 is 0 Å². The molecule has 64 valence electrons. The van der Waals surface area contributed by atoms with E-state index >= 15 is 0 Å². The molecule has 1 aromatic carbocycles. The van der Waals surface area contributed by atoms with Gasteiger partial charge in [-0.3, -0.25) is 4.99 Å². The van der Waals surface area contributed by atoms with Crippen molar-refractivity contribution in [2.75, 3.05) is 6.54 Å². The molecule has 0 aliphatic carbocycles. The molecular weight excluding hydrogens is 155 g/mol. The predicted molar refractivity (Wildman–Crippen MR) is 47.7 cm³/mol. The number of hydrogen-bond donors (Lipinski definition) is 1. The molecule has 0 radical (unpaired) electrons. The van der Waals surface area contributed by atoms with Crippen LogP contribution in [0.25, 0.3) is 0 Å². The maximum atomic E-state index is 12.7. The van der Waals surface area contributed by atoms with Gasteiger partial charge in [0.15, 0.2) is 0 Å². The molecule has 0 aromatic heterocycles. The Balaban J connectivity index is 2.95. The predicted octanol–water partition coefficient (Wildman–Crippen LogP) is 1.55. The molecule has 2 nitrogen and oxygen atoms in total.